The molecule has 6 N–H and O–H groups in total. The van der Waals surface area contributed by atoms with Crippen molar-refractivity contribution in [3.63, 3.8) is 0 Å². The van der Waals surface area contributed by atoms with Crippen LogP contribution in [-0.2, 0) is 9.59 Å². The van der Waals surface area contributed by atoms with Gasteiger partial charge in [0.25, 0.3) is 0 Å². The van der Waals surface area contributed by atoms with Crippen LogP contribution < -0.4 is 17.2 Å². The number of hydrogen-bond acceptors (Lipinski definition) is 4. The van der Waals surface area contributed by atoms with Gasteiger partial charge in [-0.2, -0.15) is 13.2 Å². The van der Waals surface area contributed by atoms with E-state index >= 15 is 0 Å². The standard InChI is InChI=1S/C8H15F3N4O2/c9-8(10,11)5(1-12)2-15(3-6(13)16)4-7(14)17/h5H,1-4,12H2,(H2,13,16)(H2,14,17). The van der Waals surface area contributed by atoms with Crippen molar-refractivity contribution < 1.29 is 22.8 Å². The second-order valence-electron chi connectivity index (χ2n) is 3.58. The number of alkyl halides is 3. The summed E-state index contributed by atoms with van der Waals surface area (Å²) in [5.74, 6) is -3.52. The third kappa shape index (κ3) is 6.74. The maximum absolute atomic E-state index is 12.4. The van der Waals surface area contributed by atoms with Gasteiger partial charge in [0.1, 0.15) is 0 Å². The Morgan fingerprint density at radius 1 is 1.12 bits per heavy atom. The third-order valence-corrected chi connectivity index (χ3v) is 1.98. The highest BCUT2D eigenvalue weighted by molar-refractivity contribution is 5.79. The summed E-state index contributed by atoms with van der Waals surface area (Å²) in [5, 5.41) is 0. The zero-order valence-corrected chi connectivity index (χ0v) is 9.04. The van der Waals surface area contributed by atoms with Crippen LogP contribution in [0.4, 0.5) is 13.2 Å². The minimum Gasteiger partial charge on any atom is -0.369 e. The number of nitrogens with zero attached hydrogens (tertiary/aromatic N) is 1. The minimum atomic E-state index is -4.50. The van der Waals surface area contributed by atoms with E-state index in [0.29, 0.717) is 0 Å². The van der Waals surface area contributed by atoms with Crippen LogP contribution in [0.1, 0.15) is 0 Å². The lowest BCUT2D eigenvalue weighted by atomic mass is 10.1. The van der Waals surface area contributed by atoms with Gasteiger partial charge in [0.2, 0.25) is 11.8 Å². The van der Waals surface area contributed by atoms with Crippen LogP contribution in [0.3, 0.4) is 0 Å². The first kappa shape index (κ1) is 15.7. The largest absolute Gasteiger partial charge is 0.394 e. The fourth-order valence-corrected chi connectivity index (χ4v) is 1.25. The quantitative estimate of drug-likeness (QED) is 0.508. The highest BCUT2D eigenvalue weighted by Crippen LogP contribution is 2.25. The average molecular weight is 256 g/mol. The summed E-state index contributed by atoms with van der Waals surface area (Å²) in [7, 11) is 0. The first-order valence-electron chi connectivity index (χ1n) is 4.72. The highest BCUT2D eigenvalue weighted by Gasteiger charge is 2.39. The summed E-state index contributed by atoms with van der Waals surface area (Å²) in [6, 6.07) is 0. The molecule has 0 bridgehead atoms. The van der Waals surface area contributed by atoms with Crippen molar-refractivity contribution in [3.05, 3.63) is 0 Å². The number of rotatable bonds is 7. The summed E-state index contributed by atoms with van der Waals surface area (Å²) in [6.45, 7) is -2.19. The van der Waals surface area contributed by atoms with Gasteiger partial charge in [-0.15, -0.1) is 0 Å². The van der Waals surface area contributed by atoms with Gasteiger partial charge >= 0.3 is 6.18 Å². The molecule has 0 spiro atoms. The number of halogens is 3. The molecule has 0 radical (unpaired) electrons. The van der Waals surface area contributed by atoms with Crippen molar-refractivity contribution in [2.75, 3.05) is 26.2 Å². The number of primary amides is 2. The Labute approximate surface area is 95.9 Å². The van der Waals surface area contributed by atoms with Gasteiger partial charge in [-0.3, -0.25) is 14.5 Å². The Balaban J connectivity index is 4.59. The second kappa shape index (κ2) is 6.40. The van der Waals surface area contributed by atoms with Gasteiger partial charge in [-0.05, 0) is 0 Å². The van der Waals surface area contributed by atoms with E-state index in [1.807, 2.05) is 0 Å². The van der Waals surface area contributed by atoms with Crippen molar-refractivity contribution in [3.8, 4) is 0 Å². The Hall–Kier alpha value is -1.35. The Morgan fingerprint density at radius 2 is 1.53 bits per heavy atom. The smallest absolute Gasteiger partial charge is 0.369 e. The molecule has 0 aromatic rings. The van der Waals surface area contributed by atoms with Gasteiger partial charge < -0.3 is 17.2 Å². The van der Waals surface area contributed by atoms with E-state index in [-0.39, 0.29) is 0 Å². The lowest BCUT2D eigenvalue weighted by molar-refractivity contribution is -0.177. The zero-order chi connectivity index (χ0) is 13.6. The van der Waals surface area contributed by atoms with Gasteiger partial charge in [-0.25, -0.2) is 0 Å². The molecule has 1 atom stereocenters. The first-order valence-corrected chi connectivity index (χ1v) is 4.72. The van der Waals surface area contributed by atoms with Crippen molar-refractivity contribution >= 4 is 11.8 Å². The lowest BCUT2D eigenvalue weighted by Gasteiger charge is -2.26. The summed E-state index contributed by atoms with van der Waals surface area (Å²) in [5.41, 5.74) is 14.7. The molecule has 9 heteroatoms. The summed E-state index contributed by atoms with van der Waals surface area (Å²) >= 11 is 0. The maximum Gasteiger partial charge on any atom is 0.394 e. The van der Waals surface area contributed by atoms with E-state index in [0.717, 1.165) is 4.90 Å². The Morgan fingerprint density at radius 3 is 1.76 bits per heavy atom. The monoisotopic (exact) mass is 256 g/mol. The molecule has 0 aliphatic carbocycles. The molecule has 2 amide bonds. The number of nitrogens with two attached hydrogens (primary N) is 3. The van der Waals surface area contributed by atoms with Crippen LogP contribution in [0.15, 0.2) is 0 Å². The lowest BCUT2D eigenvalue weighted by Crippen LogP contribution is -2.46. The molecule has 0 aliphatic rings. The average Bonchev–Trinajstić information content (AvgIpc) is 2.09. The number of carbonyl (C=O) groups is 2. The molecule has 0 rings (SSSR count). The second-order valence-corrected chi connectivity index (χ2v) is 3.58. The Kier molecular flexibility index (Phi) is 5.89. The molecule has 100 valence electrons. The maximum atomic E-state index is 12.4. The van der Waals surface area contributed by atoms with Crippen LogP contribution in [0.2, 0.25) is 0 Å². The molecule has 0 heterocycles. The van der Waals surface area contributed by atoms with E-state index in [2.05, 4.69) is 0 Å². The number of carbonyl (C=O) groups excluding carboxylic acids is 2. The van der Waals surface area contributed by atoms with E-state index in [9.17, 15) is 22.8 Å². The SMILES string of the molecule is NCC(CN(CC(N)=O)CC(N)=O)C(F)(F)F. The summed E-state index contributed by atoms with van der Waals surface area (Å²) in [4.78, 5) is 22.2. The van der Waals surface area contributed by atoms with E-state index in [4.69, 9.17) is 17.2 Å². The van der Waals surface area contributed by atoms with Crippen LogP contribution in [0.5, 0.6) is 0 Å². The predicted octanol–water partition coefficient (Wildman–Crippen LogP) is -1.60. The van der Waals surface area contributed by atoms with Gasteiger partial charge in [0.15, 0.2) is 0 Å². The number of hydrogen-bond donors (Lipinski definition) is 3. The van der Waals surface area contributed by atoms with Crippen LogP contribution >= 0.6 is 0 Å². The molecular weight excluding hydrogens is 241 g/mol. The van der Waals surface area contributed by atoms with Crippen LogP contribution in [-0.4, -0.2) is 49.1 Å². The van der Waals surface area contributed by atoms with Gasteiger partial charge in [0, 0.05) is 13.1 Å². The number of amides is 2. The van der Waals surface area contributed by atoms with Crippen molar-refractivity contribution in [2.24, 2.45) is 23.1 Å². The highest BCUT2D eigenvalue weighted by atomic mass is 19.4. The first-order chi connectivity index (χ1) is 7.66. The molecule has 6 nitrogen and oxygen atoms in total. The van der Waals surface area contributed by atoms with Crippen molar-refractivity contribution in [1.29, 1.82) is 0 Å². The van der Waals surface area contributed by atoms with Gasteiger partial charge in [0.05, 0.1) is 19.0 Å². The summed E-state index contributed by atoms with van der Waals surface area (Å²) in [6.07, 6.45) is -4.50. The van der Waals surface area contributed by atoms with Crippen molar-refractivity contribution in [2.45, 2.75) is 6.18 Å². The minimum absolute atomic E-state index is 0.477. The molecule has 0 aliphatic heterocycles. The Bertz CT molecular complexity index is 266. The van der Waals surface area contributed by atoms with Gasteiger partial charge in [-0.1, -0.05) is 0 Å². The molecule has 17 heavy (non-hydrogen) atoms. The fraction of sp³-hybridized carbons (Fsp3) is 0.750. The molecule has 0 fully saturated rings. The van der Waals surface area contributed by atoms with Crippen LogP contribution in [0.25, 0.3) is 0 Å². The topological polar surface area (TPSA) is 115 Å². The van der Waals surface area contributed by atoms with Crippen LogP contribution in [0, 0.1) is 5.92 Å². The fourth-order valence-electron chi connectivity index (χ4n) is 1.25. The van der Waals surface area contributed by atoms with Crippen molar-refractivity contribution in [1.82, 2.24) is 4.90 Å². The molecule has 0 aromatic heterocycles. The van der Waals surface area contributed by atoms with E-state index in [1.165, 1.54) is 0 Å². The molecular formula is C8H15F3N4O2. The van der Waals surface area contributed by atoms with E-state index in [1.54, 1.807) is 0 Å². The normalized spacial score (nSPS) is 13.7. The zero-order valence-electron chi connectivity index (χ0n) is 9.04. The molecule has 0 saturated carbocycles. The third-order valence-electron chi connectivity index (χ3n) is 1.98. The predicted molar refractivity (Wildman–Crippen MR) is 53.4 cm³/mol. The molecule has 0 aromatic carbocycles. The molecule has 1 unspecified atom stereocenters. The molecule has 0 saturated heterocycles. The summed E-state index contributed by atoms with van der Waals surface area (Å²) < 4.78 is 37.2. The van der Waals surface area contributed by atoms with E-state index < -0.39 is 50.1 Å².